The summed E-state index contributed by atoms with van der Waals surface area (Å²) in [5, 5.41) is 0. The van der Waals surface area contributed by atoms with Crippen molar-refractivity contribution in [1.82, 2.24) is 9.55 Å². The number of rotatable bonds is 7. The van der Waals surface area contributed by atoms with Gasteiger partial charge in [-0.25, -0.2) is 9.37 Å². The van der Waals surface area contributed by atoms with Crippen molar-refractivity contribution in [1.29, 1.82) is 0 Å². The van der Waals surface area contributed by atoms with Gasteiger partial charge in [0.1, 0.15) is 17.4 Å². The van der Waals surface area contributed by atoms with Gasteiger partial charge in [0, 0.05) is 25.4 Å². The predicted octanol–water partition coefficient (Wildman–Crippen LogP) is 5.47. The van der Waals surface area contributed by atoms with Crippen molar-refractivity contribution in [2.75, 3.05) is 18.1 Å². The van der Waals surface area contributed by atoms with E-state index >= 15 is 0 Å². The van der Waals surface area contributed by atoms with Crippen LogP contribution in [0.5, 0.6) is 5.75 Å². The highest BCUT2D eigenvalue weighted by atomic mass is 19.1. The summed E-state index contributed by atoms with van der Waals surface area (Å²) in [6.07, 6.45) is 1.12. The van der Waals surface area contributed by atoms with Crippen molar-refractivity contribution >= 4 is 22.6 Å². The molecule has 0 bridgehead atoms. The number of anilines is 1. The number of benzene rings is 3. The van der Waals surface area contributed by atoms with Gasteiger partial charge < -0.3 is 14.2 Å². The summed E-state index contributed by atoms with van der Waals surface area (Å²) in [6, 6.07) is 22.5. The van der Waals surface area contributed by atoms with Crippen LogP contribution in [-0.2, 0) is 11.3 Å². The fourth-order valence-electron chi connectivity index (χ4n) is 4.54. The van der Waals surface area contributed by atoms with Gasteiger partial charge in [-0.1, -0.05) is 36.4 Å². The van der Waals surface area contributed by atoms with E-state index in [0.29, 0.717) is 25.3 Å². The number of aryl methyl sites for hydroxylation is 2. The van der Waals surface area contributed by atoms with Gasteiger partial charge >= 0.3 is 0 Å². The average molecular weight is 444 g/mol. The molecule has 2 heterocycles. The van der Waals surface area contributed by atoms with E-state index in [2.05, 4.69) is 10.6 Å². The highest BCUT2D eigenvalue weighted by Gasteiger charge is 2.35. The Morgan fingerprint density at radius 2 is 1.88 bits per heavy atom. The standard InChI is InChI=1S/C27H26FN3O2/c1-19-8-6-9-21(16-19)33-15-7-14-30-25-13-5-3-11-23(25)29-27(30)20-17-26(32)31(18-20)24-12-4-2-10-22(24)28/h2-6,8-13,16,20H,7,14-15,17-18H2,1H3/t20-/m1/s1. The maximum Gasteiger partial charge on any atom is 0.227 e. The molecule has 1 aromatic heterocycles. The molecular formula is C27H26FN3O2. The molecule has 1 atom stereocenters. The molecule has 0 radical (unpaired) electrons. The Morgan fingerprint density at radius 3 is 2.73 bits per heavy atom. The first-order valence-electron chi connectivity index (χ1n) is 11.3. The lowest BCUT2D eigenvalue weighted by atomic mass is 10.1. The molecule has 0 saturated carbocycles. The lowest BCUT2D eigenvalue weighted by Gasteiger charge is -2.18. The minimum Gasteiger partial charge on any atom is -0.494 e. The topological polar surface area (TPSA) is 47.4 Å². The van der Waals surface area contributed by atoms with Crippen molar-refractivity contribution in [3.05, 3.63) is 90.0 Å². The average Bonchev–Trinajstić information content (AvgIpc) is 3.37. The van der Waals surface area contributed by atoms with Crippen LogP contribution in [-0.4, -0.2) is 28.6 Å². The first-order valence-corrected chi connectivity index (χ1v) is 11.3. The van der Waals surface area contributed by atoms with Crippen molar-refractivity contribution < 1.29 is 13.9 Å². The molecule has 1 saturated heterocycles. The zero-order chi connectivity index (χ0) is 22.8. The highest BCUT2D eigenvalue weighted by Crippen LogP contribution is 2.34. The van der Waals surface area contributed by atoms with E-state index in [9.17, 15) is 9.18 Å². The minimum atomic E-state index is -0.381. The number of imidazole rings is 1. The zero-order valence-corrected chi connectivity index (χ0v) is 18.6. The quantitative estimate of drug-likeness (QED) is 0.356. The number of carbonyl (C=O) groups excluding carboxylic acids is 1. The molecule has 0 unspecified atom stereocenters. The molecule has 6 heteroatoms. The number of hydrogen-bond donors (Lipinski definition) is 0. The molecule has 5 rings (SSSR count). The van der Waals surface area contributed by atoms with Crippen LogP contribution in [0.2, 0.25) is 0 Å². The summed E-state index contributed by atoms with van der Waals surface area (Å²) >= 11 is 0. The second-order valence-electron chi connectivity index (χ2n) is 8.49. The summed E-state index contributed by atoms with van der Waals surface area (Å²) in [5.41, 5.74) is 3.45. The number of ether oxygens (including phenoxy) is 1. The Kier molecular flexibility index (Phi) is 5.82. The third-order valence-corrected chi connectivity index (χ3v) is 6.10. The zero-order valence-electron chi connectivity index (χ0n) is 18.6. The van der Waals surface area contributed by atoms with Crippen LogP contribution in [0, 0.1) is 12.7 Å². The van der Waals surface area contributed by atoms with Gasteiger partial charge in [-0.15, -0.1) is 0 Å². The van der Waals surface area contributed by atoms with Crippen LogP contribution >= 0.6 is 0 Å². The molecule has 0 N–H and O–H groups in total. The van der Waals surface area contributed by atoms with Crippen LogP contribution < -0.4 is 9.64 Å². The fourth-order valence-corrected chi connectivity index (χ4v) is 4.54. The molecule has 0 spiro atoms. The SMILES string of the molecule is Cc1cccc(OCCCn2c([C@@H]3CC(=O)N(c4ccccc4F)C3)nc3ccccc32)c1. The number of amides is 1. The third-order valence-electron chi connectivity index (χ3n) is 6.10. The van der Waals surface area contributed by atoms with Crippen molar-refractivity contribution in [3.8, 4) is 5.75 Å². The highest BCUT2D eigenvalue weighted by molar-refractivity contribution is 5.96. The number of nitrogens with zero attached hydrogens (tertiary/aromatic N) is 3. The first-order chi connectivity index (χ1) is 16.1. The Labute approximate surface area is 192 Å². The van der Waals surface area contributed by atoms with E-state index < -0.39 is 0 Å². The molecule has 1 amide bonds. The third kappa shape index (κ3) is 4.33. The number of fused-ring (bicyclic) bond motifs is 1. The van der Waals surface area contributed by atoms with E-state index in [1.165, 1.54) is 11.6 Å². The summed E-state index contributed by atoms with van der Waals surface area (Å²) in [7, 11) is 0. The summed E-state index contributed by atoms with van der Waals surface area (Å²) in [4.78, 5) is 19.2. The van der Waals surface area contributed by atoms with E-state index in [1.807, 2.05) is 49.4 Å². The largest absolute Gasteiger partial charge is 0.494 e. The maximum absolute atomic E-state index is 14.3. The van der Waals surface area contributed by atoms with Gasteiger partial charge in [-0.3, -0.25) is 4.79 Å². The summed E-state index contributed by atoms with van der Waals surface area (Å²) in [6.45, 7) is 3.78. The molecule has 1 fully saturated rings. The number of halogens is 1. The van der Waals surface area contributed by atoms with Crippen LogP contribution in [0.15, 0.2) is 72.8 Å². The molecule has 168 valence electrons. The monoisotopic (exact) mass is 443 g/mol. The Morgan fingerprint density at radius 1 is 1.06 bits per heavy atom. The van der Waals surface area contributed by atoms with Gasteiger partial charge in [0.05, 0.1) is 23.3 Å². The molecule has 4 aromatic rings. The normalized spacial score (nSPS) is 16.0. The maximum atomic E-state index is 14.3. The van der Waals surface area contributed by atoms with Crippen LogP contribution in [0.1, 0.15) is 30.1 Å². The predicted molar refractivity (Wildman–Crippen MR) is 127 cm³/mol. The Bertz CT molecular complexity index is 1300. The number of carbonyl (C=O) groups is 1. The second-order valence-corrected chi connectivity index (χ2v) is 8.49. The Balaban J connectivity index is 1.36. The molecule has 33 heavy (non-hydrogen) atoms. The second kappa shape index (κ2) is 9.06. The number of para-hydroxylation sites is 3. The smallest absolute Gasteiger partial charge is 0.227 e. The van der Waals surface area contributed by atoms with E-state index in [0.717, 1.165) is 35.6 Å². The van der Waals surface area contributed by atoms with Crippen molar-refractivity contribution in [3.63, 3.8) is 0 Å². The molecular weight excluding hydrogens is 417 g/mol. The van der Waals surface area contributed by atoms with Gasteiger partial charge in [-0.2, -0.15) is 0 Å². The Hall–Kier alpha value is -3.67. The molecule has 1 aliphatic rings. The van der Waals surface area contributed by atoms with E-state index in [-0.39, 0.29) is 17.6 Å². The molecule has 5 nitrogen and oxygen atoms in total. The molecule has 0 aliphatic carbocycles. The van der Waals surface area contributed by atoms with Crippen molar-refractivity contribution in [2.45, 2.75) is 32.2 Å². The molecule has 1 aliphatic heterocycles. The van der Waals surface area contributed by atoms with E-state index in [1.54, 1.807) is 23.1 Å². The van der Waals surface area contributed by atoms with Crippen LogP contribution in [0.4, 0.5) is 10.1 Å². The lowest BCUT2D eigenvalue weighted by Crippen LogP contribution is -2.25. The van der Waals surface area contributed by atoms with Gasteiger partial charge in [0.2, 0.25) is 5.91 Å². The number of hydrogen-bond acceptors (Lipinski definition) is 3. The molecule has 3 aromatic carbocycles. The summed E-state index contributed by atoms with van der Waals surface area (Å²) in [5.74, 6) is 1.19. The lowest BCUT2D eigenvalue weighted by molar-refractivity contribution is -0.117. The van der Waals surface area contributed by atoms with Crippen molar-refractivity contribution in [2.24, 2.45) is 0 Å². The first kappa shape index (κ1) is 21.2. The van der Waals surface area contributed by atoms with Crippen LogP contribution in [0.3, 0.4) is 0 Å². The summed E-state index contributed by atoms with van der Waals surface area (Å²) < 4.78 is 22.5. The number of aromatic nitrogens is 2. The van der Waals surface area contributed by atoms with Gasteiger partial charge in [0.15, 0.2) is 0 Å². The van der Waals surface area contributed by atoms with Gasteiger partial charge in [0.25, 0.3) is 0 Å². The van der Waals surface area contributed by atoms with E-state index in [4.69, 9.17) is 9.72 Å². The fraction of sp³-hybridized carbons (Fsp3) is 0.259. The van der Waals surface area contributed by atoms with Crippen LogP contribution in [0.25, 0.3) is 11.0 Å². The minimum absolute atomic E-state index is 0.0773. The van der Waals surface area contributed by atoms with Gasteiger partial charge in [-0.05, 0) is 55.3 Å².